The van der Waals surface area contributed by atoms with Crippen LogP contribution >= 0.6 is 0 Å². The molecule has 4 aromatic rings. The number of urea groups is 1. The summed E-state index contributed by atoms with van der Waals surface area (Å²) in [5.41, 5.74) is 3.22. The molecule has 1 saturated carbocycles. The van der Waals surface area contributed by atoms with E-state index in [2.05, 4.69) is 25.2 Å². The van der Waals surface area contributed by atoms with Crippen LogP contribution in [0, 0.1) is 5.41 Å². The zero-order valence-electron chi connectivity index (χ0n) is 34.0. The number of ketones is 1. The average Bonchev–Trinajstić information content (AvgIpc) is 3.48. The monoisotopic (exact) mass is 776 g/mol. The molecule has 4 unspecified atom stereocenters. The van der Waals surface area contributed by atoms with E-state index >= 15 is 0 Å². The lowest BCUT2D eigenvalue weighted by Gasteiger charge is -2.46. The summed E-state index contributed by atoms with van der Waals surface area (Å²) in [5, 5.41) is 27.3. The SMILES string of the molecule is COc1ccc(NC(=O)N(Cc2ccc(OC)cc2OC)CC2(O)CCC3c4ccc(cc4C(=O)c4ccc(OC)cc4)CC(O)CCC(C)=CCCC32C)cc1. The Hall–Kier alpha value is -5.32. The predicted octanol–water partition coefficient (Wildman–Crippen LogP) is 8.72. The lowest BCUT2D eigenvalue weighted by molar-refractivity contribution is -0.0773. The average molecular weight is 777 g/mol. The molecule has 0 heterocycles. The second-order valence-corrected chi connectivity index (χ2v) is 15.7. The summed E-state index contributed by atoms with van der Waals surface area (Å²) in [4.78, 5) is 30.6. The number of allylic oxidation sites excluding steroid dienone is 2. The summed E-state index contributed by atoms with van der Waals surface area (Å²) in [7, 11) is 6.35. The molecule has 4 aromatic carbocycles. The van der Waals surface area contributed by atoms with E-state index in [0.717, 1.165) is 23.1 Å². The highest BCUT2D eigenvalue weighted by atomic mass is 16.5. The first-order valence-corrected chi connectivity index (χ1v) is 19.7. The molecule has 3 aliphatic carbocycles. The third-order valence-corrected chi connectivity index (χ3v) is 12.2. The maximum Gasteiger partial charge on any atom is 0.322 e. The molecular formula is C47H56N2O8. The van der Waals surface area contributed by atoms with Crippen molar-refractivity contribution in [1.29, 1.82) is 0 Å². The molecular weight excluding hydrogens is 721 g/mol. The molecule has 0 aromatic heterocycles. The molecule has 10 nitrogen and oxygen atoms in total. The van der Waals surface area contributed by atoms with Crippen molar-refractivity contribution in [3.63, 3.8) is 0 Å². The van der Waals surface area contributed by atoms with Crippen molar-refractivity contribution in [2.45, 2.75) is 83.0 Å². The van der Waals surface area contributed by atoms with Gasteiger partial charge in [0, 0.05) is 33.9 Å². The number of aliphatic hydroxyl groups is 2. The fraction of sp³-hybridized carbons (Fsp3) is 0.404. The van der Waals surface area contributed by atoms with Gasteiger partial charge in [-0.15, -0.1) is 0 Å². The van der Waals surface area contributed by atoms with Crippen LogP contribution in [-0.2, 0) is 13.0 Å². The van der Waals surface area contributed by atoms with Gasteiger partial charge >= 0.3 is 6.03 Å². The van der Waals surface area contributed by atoms with Crippen LogP contribution in [0.2, 0.25) is 0 Å². The number of aliphatic hydroxyl groups excluding tert-OH is 1. The van der Waals surface area contributed by atoms with Crippen LogP contribution < -0.4 is 24.3 Å². The molecule has 3 N–H and O–H groups in total. The normalized spacial score (nSPS) is 22.1. The largest absolute Gasteiger partial charge is 0.497 e. The first-order valence-electron chi connectivity index (χ1n) is 19.7. The lowest BCUT2D eigenvalue weighted by atomic mass is 9.64. The Morgan fingerprint density at radius 3 is 2.16 bits per heavy atom. The van der Waals surface area contributed by atoms with Crippen LogP contribution in [0.25, 0.3) is 0 Å². The number of anilines is 1. The zero-order valence-corrected chi connectivity index (χ0v) is 34.0. The van der Waals surface area contributed by atoms with Crippen LogP contribution in [0.15, 0.2) is 96.6 Å². The number of nitrogens with zero attached hydrogens (tertiary/aromatic N) is 1. The third-order valence-electron chi connectivity index (χ3n) is 12.2. The smallest absolute Gasteiger partial charge is 0.322 e. The molecule has 0 spiro atoms. The first-order chi connectivity index (χ1) is 27.4. The van der Waals surface area contributed by atoms with E-state index in [-0.39, 0.29) is 30.8 Å². The number of hydrogen-bond donors (Lipinski definition) is 3. The minimum Gasteiger partial charge on any atom is -0.497 e. The number of nitrogens with one attached hydrogen (secondary N) is 1. The lowest BCUT2D eigenvalue weighted by Crippen LogP contribution is -2.54. The maximum absolute atomic E-state index is 14.5. The molecule has 57 heavy (non-hydrogen) atoms. The number of carbonyl (C=O) groups is 2. The molecule has 302 valence electrons. The maximum atomic E-state index is 14.5. The Morgan fingerprint density at radius 1 is 0.825 bits per heavy atom. The van der Waals surface area contributed by atoms with E-state index in [9.17, 15) is 19.8 Å². The van der Waals surface area contributed by atoms with Gasteiger partial charge < -0.3 is 39.4 Å². The topological polar surface area (TPSA) is 127 Å². The molecule has 3 aliphatic rings. The van der Waals surface area contributed by atoms with E-state index in [0.29, 0.717) is 78.3 Å². The number of carbonyl (C=O) groups excluding carboxylic acids is 2. The number of amides is 2. The first kappa shape index (κ1) is 41.3. The number of hydrogen-bond acceptors (Lipinski definition) is 8. The van der Waals surface area contributed by atoms with Gasteiger partial charge in [0.15, 0.2) is 5.78 Å². The Kier molecular flexibility index (Phi) is 12.9. The Bertz CT molecular complexity index is 2060. The number of methoxy groups -OCH3 is 4. The third kappa shape index (κ3) is 9.13. The van der Waals surface area contributed by atoms with Crippen LogP contribution in [-0.4, -0.2) is 73.6 Å². The predicted molar refractivity (Wildman–Crippen MR) is 222 cm³/mol. The van der Waals surface area contributed by atoms with Gasteiger partial charge in [-0.25, -0.2) is 4.79 Å². The standard InChI is InChI=1S/C47H56N2O8/c1-31-8-7-24-46(2)42(40-22-10-32(26-36(50)16-9-31)27-41(40)44(51)33-11-17-37(54-3)18-12-33)23-25-47(46,53)30-49(29-34-13-19-39(56-5)28-43(34)57-6)45(52)48-35-14-20-38(55-4)21-15-35/h8,10-15,17-22,27-28,36,42,50,53H,7,9,16,23-26,29-30H2,1-6H3,(H,48,52). The van der Waals surface area contributed by atoms with Gasteiger partial charge in [0.05, 0.1) is 53.2 Å². The second-order valence-electron chi connectivity index (χ2n) is 15.7. The molecule has 0 saturated heterocycles. The summed E-state index contributed by atoms with van der Waals surface area (Å²) in [6.45, 7) is 4.38. The molecule has 2 bridgehead atoms. The zero-order chi connectivity index (χ0) is 40.7. The van der Waals surface area contributed by atoms with Crippen LogP contribution in [0.3, 0.4) is 0 Å². The summed E-state index contributed by atoms with van der Waals surface area (Å²) in [6, 6.07) is 25.3. The minimum absolute atomic E-state index is 0.0197. The van der Waals surface area contributed by atoms with E-state index in [1.54, 1.807) is 87.9 Å². The van der Waals surface area contributed by atoms with Gasteiger partial charge in [0.1, 0.15) is 23.0 Å². The summed E-state index contributed by atoms with van der Waals surface area (Å²) in [6.07, 6.45) is 5.71. The van der Waals surface area contributed by atoms with Crippen LogP contribution in [0.1, 0.15) is 90.9 Å². The molecule has 0 aliphatic heterocycles. The Morgan fingerprint density at radius 2 is 1.49 bits per heavy atom. The van der Waals surface area contributed by atoms with Crippen molar-refractivity contribution >= 4 is 17.5 Å². The number of fused-ring (bicyclic) bond motifs is 8. The summed E-state index contributed by atoms with van der Waals surface area (Å²) < 4.78 is 21.9. The van der Waals surface area contributed by atoms with Gasteiger partial charge in [0.25, 0.3) is 0 Å². The highest BCUT2D eigenvalue weighted by Crippen LogP contribution is 2.59. The quantitative estimate of drug-likeness (QED) is 0.102. The van der Waals surface area contributed by atoms with Gasteiger partial charge in [-0.2, -0.15) is 0 Å². The molecule has 1 fully saturated rings. The molecule has 10 heteroatoms. The van der Waals surface area contributed by atoms with Crippen molar-refractivity contribution in [2.75, 3.05) is 40.3 Å². The van der Waals surface area contributed by atoms with Gasteiger partial charge in [-0.1, -0.05) is 30.7 Å². The molecule has 0 radical (unpaired) electrons. The van der Waals surface area contributed by atoms with Gasteiger partial charge in [-0.3, -0.25) is 4.79 Å². The Labute approximate surface area is 336 Å². The number of benzene rings is 4. The van der Waals surface area contributed by atoms with E-state index in [1.807, 2.05) is 30.3 Å². The number of ether oxygens (including phenoxy) is 4. The van der Waals surface area contributed by atoms with Crippen LogP contribution in [0.5, 0.6) is 23.0 Å². The Balaban J connectivity index is 1.43. The number of rotatable bonds is 11. The van der Waals surface area contributed by atoms with Crippen LogP contribution in [0.4, 0.5) is 10.5 Å². The van der Waals surface area contributed by atoms with Gasteiger partial charge in [0.2, 0.25) is 0 Å². The fourth-order valence-corrected chi connectivity index (χ4v) is 8.67. The molecule has 2 amide bonds. The fourth-order valence-electron chi connectivity index (χ4n) is 8.67. The molecule has 7 rings (SSSR count). The second kappa shape index (κ2) is 17.9. The minimum atomic E-state index is -1.36. The molecule has 4 atom stereocenters. The van der Waals surface area contributed by atoms with Crippen molar-refractivity contribution in [2.24, 2.45) is 5.41 Å². The van der Waals surface area contributed by atoms with E-state index in [4.69, 9.17) is 18.9 Å². The van der Waals surface area contributed by atoms with Crippen molar-refractivity contribution in [1.82, 2.24) is 4.90 Å². The van der Waals surface area contributed by atoms with Crippen molar-refractivity contribution < 1.29 is 38.7 Å². The highest BCUT2D eigenvalue weighted by Gasteiger charge is 2.57. The van der Waals surface area contributed by atoms with Gasteiger partial charge in [-0.05, 0) is 136 Å². The summed E-state index contributed by atoms with van der Waals surface area (Å²) >= 11 is 0. The van der Waals surface area contributed by atoms with Crippen molar-refractivity contribution in [3.8, 4) is 23.0 Å². The summed E-state index contributed by atoms with van der Waals surface area (Å²) in [5.74, 6) is 2.15. The van der Waals surface area contributed by atoms with Crippen molar-refractivity contribution in [3.05, 3.63) is 124 Å². The van der Waals surface area contributed by atoms with E-state index in [1.165, 1.54) is 5.57 Å². The van der Waals surface area contributed by atoms with E-state index < -0.39 is 17.1 Å². The highest BCUT2D eigenvalue weighted by molar-refractivity contribution is 6.10.